The van der Waals surface area contributed by atoms with Crippen LogP contribution in [0.2, 0.25) is 0 Å². The summed E-state index contributed by atoms with van der Waals surface area (Å²) in [4.78, 5) is 12.3. The normalized spacial score (nSPS) is 14.4. The van der Waals surface area contributed by atoms with Crippen LogP contribution in [-0.2, 0) is 34.0 Å². The molecule has 0 aromatic rings. The second-order valence-electron chi connectivity index (χ2n) is 10.2. The van der Waals surface area contributed by atoms with E-state index in [1.807, 2.05) is 42.0 Å². The third-order valence-electron chi connectivity index (χ3n) is 5.54. The minimum Gasteiger partial charge on any atom is -0.726 e. The highest BCUT2D eigenvalue weighted by Gasteiger charge is 2.22. The van der Waals surface area contributed by atoms with Crippen LogP contribution in [0.1, 0.15) is 46.0 Å². The summed E-state index contributed by atoms with van der Waals surface area (Å²) in [6.45, 7) is 6.18. The Morgan fingerprint density at radius 3 is 1.59 bits per heavy atom. The van der Waals surface area contributed by atoms with Gasteiger partial charge in [0, 0.05) is 31.2 Å². The first-order chi connectivity index (χ1) is 15.3. The minimum atomic E-state index is -4.68. The highest BCUT2D eigenvalue weighted by molar-refractivity contribution is 7.81. The molecule has 0 saturated heterocycles. The van der Waals surface area contributed by atoms with Crippen LogP contribution in [0.4, 0.5) is 0 Å². The van der Waals surface area contributed by atoms with Gasteiger partial charge in [0.15, 0.2) is 0 Å². The monoisotopic (exact) mass is 533 g/mol. The standard InChI is InChI=1S/C20H43N3O9S2/c1-18(2)20(24)21-19(11-15-23(5,6)14-9-17-32-34(28,29)30)10-7-12-22(3,4)13-8-16-31-33(25,26)27/h18-19H,7-17H2,1-6H3,(H-2,21,24,25,26,27,28,29,30). The highest BCUT2D eigenvalue weighted by atomic mass is 32.3. The van der Waals surface area contributed by atoms with Crippen LogP contribution in [0.3, 0.4) is 0 Å². The Balaban J connectivity index is 4.67. The van der Waals surface area contributed by atoms with Crippen molar-refractivity contribution in [2.45, 2.75) is 52.0 Å². The van der Waals surface area contributed by atoms with Crippen molar-refractivity contribution in [2.75, 3.05) is 67.6 Å². The molecule has 0 bridgehead atoms. The van der Waals surface area contributed by atoms with Gasteiger partial charge in [-0.15, -0.1) is 0 Å². The van der Waals surface area contributed by atoms with Crippen LogP contribution < -0.4 is 5.32 Å². The molecule has 0 aliphatic carbocycles. The summed E-state index contributed by atoms with van der Waals surface area (Å²) < 4.78 is 72.9. The van der Waals surface area contributed by atoms with E-state index in [-0.39, 0.29) is 31.1 Å². The fourth-order valence-electron chi connectivity index (χ4n) is 3.46. The number of hydrogen-bond acceptors (Lipinski definition) is 9. The van der Waals surface area contributed by atoms with E-state index in [9.17, 15) is 30.7 Å². The molecule has 204 valence electrons. The van der Waals surface area contributed by atoms with Crippen LogP contribution in [0, 0.1) is 5.92 Å². The van der Waals surface area contributed by atoms with Crippen molar-refractivity contribution in [3.8, 4) is 0 Å². The largest absolute Gasteiger partial charge is 0.726 e. The van der Waals surface area contributed by atoms with E-state index in [1.165, 1.54) is 0 Å². The maximum absolute atomic E-state index is 12.3. The Hall–Kier alpha value is -0.870. The average Bonchev–Trinajstić information content (AvgIpc) is 2.65. The van der Waals surface area contributed by atoms with Gasteiger partial charge in [-0.1, -0.05) is 13.8 Å². The van der Waals surface area contributed by atoms with Crippen LogP contribution in [0.15, 0.2) is 0 Å². The molecular weight excluding hydrogens is 490 g/mol. The van der Waals surface area contributed by atoms with Crippen molar-refractivity contribution in [2.24, 2.45) is 5.92 Å². The molecule has 0 spiro atoms. The van der Waals surface area contributed by atoms with Gasteiger partial charge in [-0.25, -0.2) is 16.8 Å². The Morgan fingerprint density at radius 1 is 0.765 bits per heavy atom. The number of carbonyl (C=O) groups is 1. The lowest BCUT2D eigenvalue weighted by atomic mass is 10.0. The topological polar surface area (TPSA) is 162 Å². The second kappa shape index (κ2) is 14.6. The molecule has 34 heavy (non-hydrogen) atoms. The molecule has 0 rings (SSSR count). The highest BCUT2D eigenvalue weighted by Crippen LogP contribution is 2.12. The molecule has 1 amide bonds. The van der Waals surface area contributed by atoms with Crippen LogP contribution in [-0.4, -0.2) is 114 Å². The molecule has 0 aliphatic heterocycles. The van der Waals surface area contributed by atoms with E-state index in [0.29, 0.717) is 34.9 Å². The molecule has 0 aromatic carbocycles. The number of amides is 1. The summed E-state index contributed by atoms with van der Waals surface area (Å²) in [6, 6.07) is -0.0282. The lowest BCUT2D eigenvalue weighted by Crippen LogP contribution is -2.46. The van der Waals surface area contributed by atoms with E-state index >= 15 is 0 Å². The molecule has 0 saturated carbocycles. The summed E-state index contributed by atoms with van der Waals surface area (Å²) in [5, 5.41) is 3.11. The lowest BCUT2D eigenvalue weighted by Gasteiger charge is -2.33. The van der Waals surface area contributed by atoms with Crippen molar-refractivity contribution >= 4 is 26.7 Å². The molecule has 0 aliphatic rings. The first-order valence-corrected chi connectivity index (χ1v) is 14.1. The predicted molar refractivity (Wildman–Crippen MR) is 125 cm³/mol. The van der Waals surface area contributed by atoms with Gasteiger partial charge in [0.1, 0.15) is 0 Å². The summed E-state index contributed by atoms with van der Waals surface area (Å²) in [5.74, 6) is -0.158. The minimum absolute atomic E-state index is 0.0194. The fraction of sp³-hybridized carbons (Fsp3) is 0.950. The Morgan fingerprint density at radius 2 is 1.18 bits per heavy atom. The third-order valence-corrected chi connectivity index (χ3v) is 6.45. The Kier molecular flexibility index (Phi) is 14.3. The smallest absolute Gasteiger partial charge is 0.222 e. The second-order valence-corrected chi connectivity index (χ2v) is 12.3. The summed E-state index contributed by atoms with van der Waals surface area (Å²) in [7, 11) is -1.33. The van der Waals surface area contributed by atoms with Crippen LogP contribution in [0.25, 0.3) is 0 Å². The third kappa shape index (κ3) is 19.4. The molecule has 0 aromatic heterocycles. The van der Waals surface area contributed by atoms with Crippen molar-refractivity contribution in [3.05, 3.63) is 0 Å². The van der Waals surface area contributed by atoms with Gasteiger partial charge >= 0.3 is 0 Å². The first-order valence-electron chi connectivity index (χ1n) is 11.5. The number of quaternary nitrogens is 2. The van der Waals surface area contributed by atoms with Gasteiger partial charge in [-0.05, 0) is 12.8 Å². The van der Waals surface area contributed by atoms with Gasteiger partial charge in [0.25, 0.3) is 0 Å². The zero-order valence-corrected chi connectivity index (χ0v) is 23.0. The number of hydrogen-bond donors (Lipinski definition) is 1. The summed E-state index contributed by atoms with van der Waals surface area (Å²) in [5.41, 5.74) is 0. The van der Waals surface area contributed by atoms with Crippen molar-refractivity contribution in [3.63, 3.8) is 0 Å². The predicted octanol–water partition coefficient (Wildman–Crippen LogP) is 0.184. The van der Waals surface area contributed by atoms with E-state index in [0.717, 1.165) is 32.4 Å². The molecule has 1 N–H and O–H groups in total. The zero-order chi connectivity index (χ0) is 26.6. The van der Waals surface area contributed by atoms with Crippen molar-refractivity contribution in [1.29, 1.82) is 0 Å². The van der Waals surface area contributed by atoms with Crippen molar-refractivity contribution < 1.29 is 48.1 Å². The molecular formula is C20H43N3O9S2. The molecule has 14 heteroatoms. The summed E-state index contributed by atoms with van der Waals surface area (Å²) in [6.07, 6.45) is 3.18. The number of rotatable bonds is 19. The number of nitrogens with one attached hydrogen (secondary N) is 1. The van der Waals surface area contributed by atoms with Gasteiger partial charge in [-0.2, -0.15) is 0 Å². The average molecular weight is 534 g/mol. The van der Waals surface area contributed by atoms with Gasteiger partial charge < -0.3 is 23.4 Å². The zero-order valence-electron chi connectivity index (χ0n) is 21.3. The van der Waals surface area contributed by atoms with Gasteiger partial charge in [0.2, 0.25) is 26.7 Å². The molecule has 0 radical (unpaired) electrons. The van der Waals surface area contributed by atoms with Gasteiger partial charge in [-0.3, -0.25) is 13.2 Å². The van der Waals surface area contributed by atoms with E-state index in [4.69, 9.17) is 0 Å². The quantitative estimate of drug-likeness (QED) is 0.106. The van der Waals surface area contributed by atoms with Crippen molar-refractivity contribution in [1.82, 2.24) is 5.32 Å². The molecule has 1 unspecified atom stereocenters. The SMILES string of the molecule is CC(C)C(=O)NC(CCC[N+](C)(C)CCCOS(=O)(=O)[O-])CC[N+](C)(C)CCCOS(=O)(=O)[O-]. The maximum atomic E-state index is 12.3. The molecule has 0 heterocycles. The first kappa shape index (κ1) is 33.1. The molecule has 0 fully saturated rings. The lowest BCUT2D eigenvalue weighted by molar-refractivity contribution is -0.891. The number of carbonyl (C=O) groups excluding carboxylic acids is 1. The molecule has 1 atom stereocenters. The van der Waals surface area contributed by atoms with Crippen LogP contribution >= 0.6 is 0 Å². The van der Waals surface area contributed by atoms with Gasteiger partial charge in [0.05, 0.1) is 67.6 Å². The van der Waals surface area contributed by atoms with E-state index < -0.39 is 20.8 Å². The maximum Gasteiger partial charge on any atom is 0.222 e. The molecule has 12 nitrogen and oxygen atoms in total. The van der Waals surface area contributed by atoms with E-state index in [1.54, 1.807) is 0 Å². The Bertz CT molecular complexity index is 813. The number of nitrogens with zero attached hydrogens (tertiary/aromatic N) is 2. The van der Waals surface area contributed by atoms with E-state index in [2.05, 4.69) is 13.7 Å². The fourth-order valence-corrected chi connectivity index (χ4v) is 4.10. The Labute approximate surface area is 205 Å². The van der Waals surface area contributed by atoms with Crippen LogP contribution in [0.5, 0.6) is 0 Å². The summed E-state index contributed by atoms with van der Waals surface area (Å²) >= 11 is 0.